The van der Waals surface area contributed by atoms with Crippen LogP contribution < -0.4 is 10.6 Å². The molecule has 0 aliphatic heterocycles. The predicted molar refractivity (Wildman–Crippen MR) is 106 cm³/mol. The Kier molecular flexibility index (Phi) is 5.40. The van der Waals surface area contributed by atoms with E-state index in [2.05, 4.69) is 52.9 Å². The summed E-state index contributed by atoms with van der Waals surface area (Å²) in [6.45, 7) is 9.63. The fraction of sp³-hybridized carbons (Fsp3) is 0.263. The van der Waals surface area contributed by atoms with Gasteiger partial charge in [0.05, 0.1) is 23.4 Å². The van der Waals surface area contributed by atoms with Crippen molar-refractivity contribution in [2.45, 2.75) is 33.7 Å². The highest BCUT2D eigenvalue weighted by atomic mass is 16.1. The molecule has 0 aliphatic carbocycles. The fourth-order valence-electron chi connectivity index (χ4n) is 2.38. The van der Waals surface area contributed by atoms with Gasteiger partial charge in [0.15, 0.2) is 5.82 Å². The lowest BCUT2D eigenvalue weighted by molar-refractivity contribution is -0.111. The minimum absolute atomic E-state index is 0. The molecule has 26 heavy (non-hydrogen) atoms. The summed E-state index contributed by atoms with van der Waals surface area (Å²) < 4.78 is 1.83. The number of nitrogens with one attached hydrogen (secondary N) is 2. The molecule has 2 heterocycles. The molecule has 0 unspecified atom stereocenters. The molecule has 0 radical (unpaired) electrons. The van der Waals surface area contributed by atoms with Crippen molar-refractivity contribution >= 4 is 28.4 Å². The van der Waals surface area contributed by atoms with E-state index in [1.54, 1.807) is 24.8 Å². The molecular formula is C19H24N6O. The van der Waals surface area contributed by atoms with E-state index >= 15 is 0 Å². The van der Waals surface area contributed by atoms with E-state index < -0.39 is 0 Å². The van der Waals surface area contributed by atoms with E-state index in [1.807, 2.05) is 16.7 Å². The molecule has 136 valence electrons. The summed E-state index contributed by atoms with van der Waals surface area (Å²) in [5.74, 6) is 1.06. The zero-order valence-electron chi connectivity index (χ0n) is 14.4. The number of nitrogens with zero attached hydrogens (tertiary/aromatic N) is 4. The Bertz CT molecular complexity index is 939. The normalized spacial score (nSPS) is 10.9. The minimum Gasteiger partial charge on any atom is -0.364 e. The van der Waals surface area contributed by atoms with Crippen LogP contribution in [-0.2, 0) is 4.79 Å². The van der Waals surface area contributed by atoms with Gasteiger partial charge in [-0.3, -0.25) is 14.3 Å². The number of anilines is 2. The lowest BCUT2D eigenvalue weighted by Gasteiger charge is -2.21. The highest BCUT2D eigenvalue weighted by molar-refractivity contribution is 6.00. The first kappa shape index (κ1) is 19.1. The average molecular weight is 352 g/mol. The van der Waals surface area contributed by atoms with Crippen molar-refractivity contribution in [1.82, 2.24) is 19.5 Å². The van der Waals surface area contributed by atoms with Gasteiger partial charge < -0.3 is 10.6 Å². The number of aromatic nitrogens is 4. The Morgan fingerprint density at radius 2 is 2.04 bits per heavy atom. The Labute approximate surface area is 153 Å². The molecule has 3 rings (SSSR count). The molecule has 1 aromatic carbocycles. The van der Waals surface area contributed by atoms with Gasteiger partial charge >= 0.3 is 0 Å². The number of carbonyl (C=O) groups excluding carboxylic acids is 1. The standard InChI is InChI=1S/C18H20N6O.CH4/c1-5-17(25)21-12-6-7-13-14(8-12)24(11-20-13)16-10-19-9-15(22-16)23-18(2,3)4;/h5-11H,1H2,2-4H3,(H,21,25)(H,22,23);1H4. The average Bonchev–Trinajstić information content (AvgIpc) is 2.96. The van der Waals surface area contributed by atoms with Crippen LogP contribution in [0.4, 0.5) is 11.5 Å². The molecule has 0 saturated carbocycles. The summed E-state index contributed by atoms with van der Waals surface area (Å²) in [6, 6.07) is 5.48. The maximum atomic E-state index is 11.5. The van der Waals surface area contributed by atoms with Crippen LogP contribution in [0, 0.1) is 0 Å². The number of rotatable bonds is 4. The number of amides is 1. The van der Waals surface area contributed by atoms with Crippen LogP contribution in [0.25, 0.3) is 16.9 Å². The van der Waals surface area contributed by atoms with Crippen LogP contribution in [-0.4, -0.2) is 31.0 Å². The van der Waals surface area contributed by atoms with Gasteiger partial charge in [-0.1, -0.05) is 14.0 Å². The van der Waals surface area contributed by atoms with Crippen LogP contribution in [0.3, 0.4) is 0 Å². The maximum absolute atomic E-state index is 11.5. The molecule has 0 bridgehead atoms. The van der Waals surface area contributed by atoms with Crippen molar-refractivity contribution in [3.63, 3.8) is 0 Å². The fourth-order valence-corrected chi connectivity index (χ4v) is 2.38. The number of fused-ring (bicyclic) bond motifs is 1. The number of benzene rings is 1. The SMILES string of the molecule is C.C=CC(=O)Nc1ccc2ncn(-c3cncc(NC(C)(C)C)n3)c2c1. The molecule has 0 fully saturated rings. The molecule has 0 atom stereocenters. The monoisotopic (exact) mass is 352 g/mol. The summed E-state index contributed by atoms with van der Waals surface area (Å²) >= 11 is 0. The van der Waals surface area contributed by atoms with Gasteiger partial charge in [-0.25, -0.2) is 9.97 Å². The van der Waals surface area contributed by atoms with E-state index in [-0.39, 0.29) is 18.9 Å². The zero-order chi connectivity index (χ0) is 18.0. The van der Waals surface area contributed by atoms with Gasteiger partial charge in [0.2, 0.25) is 5.91 Å². The van der Waals surface area contributed by atoms with Crippen molar-refractivity contribution in [3.05, 3.63) is 49.6 Å². The van der Waals surface area contributed by atoms with Crippen molar-refractivity contribution in [1.29, 1.82) is 0 Å². The lowest BCUT2D eigenvalue weighted by atomic mass is 10.1. The van der Waals surface area contributed by atoms with Crippen LogP contribution >= 0.6 is 0 Å². The molecule has 7 heteroatoms. The van der Waals surface area contributed by atoms with Gasteiger partial charge in [0, 0.05) is 11.2 Å². The van der Waals surface area contributed by atoms with Gasteiger partial charge in [0.1, 0.15) is 12.1 Å². The summed E-state index contributed by atoms with van der Waals surface area (Å²) in [5.41, 5.74) is 2.17. The lowest BCUT2D eigenvalue weighted by Crippen LogP contribution is -2.26. The van der Waals surface area contributed by atoms with Crippen molar-refractivity contribution < 1.29 is 4.79 Å². The molecule has 2 aromatic heterocycles. The molecule has 0 aliphatic rings. The number of hydrogen-bond donors (Lipinski definition) is 2. The summed E-state index contributed by atoms with van der Waals surface area (Å²) in [4.78, 5) is 24.7. The molecular weight excluding hydrogens is 328 g/mol. The summed E-state index contributed by atoms with van der Waals surface area (Å²) in [5, 5.41) is 6.05. The largest absolute Gasteiger partial charge is 0.364 e. The highest BCUT2D eigenvalue weighted by Gasteiger charge is 2.12. The van der Waals surface area contributed by atoms with Crippen LogP contribution in [0.1, 0.15) is 28.2 Å². The van der Waals surface area contributed by atoms with E-state index in [4.69, 9.17) is 0 Å². The summed E-state index contributed by atoms with van der Waals surface area (Å²) in [6.07, 6.45) is 6.27. The molecule has 3 aromatic rings. The maximum Gasteiger partial charge on any atom is 0.247 e. The topological polar surface area (TPSA) is 84.7 Å². The van der Waals surface area contributed by atoms with Crippen molar-refractivity contribution in [3.8, 4) is 5.82 Å². The number of hydrogen-bond acceptors (Lipinski definition) is 5. The van der Waals surface area contributed by atoms with E-state index in [0.29, 0.717) is 17.3 Å². The molecule has 0 saturated heterocycles. The van der Waals surface area contributed by atoms with Gasteiger partial charge in [0.25, 0.3) is 0 Å². The van der Waals surface area contributed by atoms with Crippen molar-refractivity contribution in [2.24, 2.45) is 0 Å². The zero-order valence-corrected chi connectivity index (χ0v) is 14.4. The Morgan fingerprint density at radius 1 is 1.27 bits per heavy atom. The molecule has 2 N–H and O–H groups in total. The van der Waals surface area contributed by atoms with E-state index in [1.165, 1.54) is 6.08 Å². The molecule has 1 amide bonds. The highest BCUT2D eigenvalue weighted by Crippen LogP contribution is 2.22. The third-order valence-electron chi connectivity index (χ3n) is 3.37. The predicted octanol–water partition coefficient (Wildman–Crippen LogP) is 3.79. The number of imidazole rings is 1. The molecule has 7 nitrogen and oxygen atoms in total. The Hall–Kier alpha value is -3.22. The second kappa shape index (κ2) is 7.35. The smallest absolute Gasteiger partial charge is 0.247 e. The third kappa shape index (κ3) is 4.24. The van der Waals surface area contributed by atoms with Gasteiger partial charge in [-0.05, 0) is 45.0 Å². The first-order valence-electron chi connectivity index (χ1n) is 7.87. The van der Waals surface area contributed by atoms with E-state index in [9.17, 15) is 4.79 Å². The van der Waals surface area contributed by atoms with E-state index in [0.717, 1.165) is 11.0 Å². The van der Waals surface area contributed by atoms with Gasteiger partial charge in [-0.15, -0.1) is 0 Å². The minimum atomic E-state index is -0.262. The Balaban J connectivity index is 0.00000243. The first-order valence-corrected chi connectivity index (χ1v) is 7.87. The Morgan fingerprint density at radius 3 is 2.73 bits per heavy atom. The van der Waals surface area contributed by atoms with Crippen LogP contribution in [0.5, 0.6) is 0 Å². The number of carbonyl (C=O) groups is 1. The van der Waals surface area contributed by atoms with Gasteiger partial charge in [-0.2, -0.15) is 0 Å². The second-order valence-corrected chi connectivity index (χ2v) is 6.65. The van der Waals surface area contributed by atoms with Crippen LogP contribution in [0.15, 0.2) is 49.6 Å². The quantitative estimate of drug-likeness (QED) is 0.698. The molecule has 0 spiro atoms. The summed E-state index contributed by atoms with van der Waals surface area (Å²) in [7, 11) is 0. The second-order valence-electron chi connectivity index (χ2n) is 6.65. The third-order valence-corrected chi connectivity index (χ3v) is 3.37. The first-order chi connectivity index (χ1) is 11.9. The van der Waals surface area contributed by atoms with Crippen LogP contribution in [0.2, 0.25) is 0 Å². The van der Waals surface area contributed by atoms with Crippen molar-refractivity contribution in [2.75, 3.05) is 10.6 Å².